The van der Waals surface area contributed by atoms with Crippen molar-refractivity contribution in [1.29, 1.82) is 0 Å². The summed E-state index contributed by atoms with van der Waals surface area (Å²) in [6.45, 7) is 9.65. The lowest BCUT2D eigenvalue weighted by Gasteiger charge is -2.15. The highest BCUT2D eigenvalue weighted by Gasteiger charge is 2.08. The van der Waals surface area contributed by atoms with E-state index < -0.39 is 0 Å². The summed E-state index contributed by atoms with van der Waals surface area (Å²) in [6, 6.07) is 3.76. The molecule has 0 amide bonds. The van der Waals surface area contributed by atoms with Crippen molar-refractivity contribution >= 4 is 28.3 Å². The summed E-state index contributed by atoms with van der Waals surface area (Å²) in [5.74, 6) is -0.282. The zero-order chi connectivity index (χ0) is 18.2. The number of hydrogen-bond donors (Lipinski definition) is 2. The molecular weight excluding hydrogens is 337 g/mol. The minimum atomic E-state index is -0.282. The van der Waals surface area contributed by atoms with Crippen LogP contribution in [0.3, 0.4) is 0 Å². The lowest BCUT2D eigenvalue weighted by molar-refractivity contribution is 0.666. The van der Waals surface area contributed by atoms with Gasteiger partial charge in [0, 0.05) is 17.6 Å². The van der Waals surface area contributed by atoms with E-state index in [0.717, 1.165) is 22.4 Å². The number of H-pyrrole nitrogens is 1. The maximum Gasteiger partial charge on any atom is 0.137 e. The van der Waals surface area contributed by atoms with E-state index in [1.54, 1.807) is 31.3 Å². The first-order valence-corrected chi connectivity index (χ1v) is 8.29. The second-order valence-corrected chi connectivity index (χ2v) is 5.89. The Balaban J connectivity index is 1.99. The molecule has 0 radical (unpaired) electrons. The highest BCUT2D eigenvalue weighted by molar-refractivity contribution is 6.31. The molecule has 0 aromatic carbocycles. The first-order valence-electron chi connectivity index (χ1n) is 7.91. The number of hydrogen-bond acceptors (Lipinski definition) is 2. The fraction of sp³-hybridized carbons (Fsp3) is 0.150. The fourth-order valence-electron chi connectivity index (χ4n) is 2.27. The lowest BCUT2D eigenvalue weighted by Crippen LogP contribution is -2.24. The van der Waals surface area contributed by atoms with E-state index in [9.17, 15) is 4.39 Å². The summed E-state index contributed by atoms with van der Waals surface area (Å²) in [5.41, 5.74) is 2.31. The third kappa shape index (κ3) is 5.47. The zero-order valence-corrected chi connectivity index (χ0v) is 14.9. The molecule has 1 unspecified atom stereocenters. The van der Waals surface area contributed by atoms with Gasteiger partial charge in [0.15, 0.2) is 0 Å². The van der Waals surface area contributed by atoms with Gasteiger partial charge in [0.1, 0.15) is 11.5 Å². The minimum Gasteiger partial charge on any atom is -0.377 e. The van der Waals surface area contributed by atoms with E-state index in [4.69, 9.17) is 11.6 Å². The van der Waals surface area contributed by atoms with Crippen LogP contribution in [0.25, 0.3) is 16.7 Å². The molecule has 0 saturated heterocycles. The van der Waals surface area contributed by atoms with Crippen LogP contribution in [0.1, 0.15) is 19.0 Å². The van der Waals surface area contributed by atoms with Crippen molar-refractivity contribution in [3.8, 4) is 0 Å². The molecule has 2 heterocycles. The topological polar surface area (TPSA) is 40.7 Å². The van der Waals surface area contributed by atoms with Crippen LogP contribution < -0.4 is 5.32 Å². The Labute approximate surface area is 152 Å². The highest BCUT2D eigenvalue weighted by atomic mass is 35.5. The van der Waals surface area contributed by atoms with E-state index in [1.165, 1.54) is 12.2 Å². The van der Waals surface area contributed by atoms with Gasteiger partial charge in [0.05, 0.1) is 16.4 Å². The zero-order valence-electron chi connectivity index (χ0n) is 14.1. The van der Waals surface area contributed by atoms with Gasteiger partial charge >= 0.3 is 0 Å². The molecular formula is C20H21ClFN3. The van der Waals surface area contributed by atoms with Crippen LogP contribution in [-0.4, -0.2) is 16.0 Å². The fourth-order valence-corrected chi connectivity index (χ4v) is 2.43. The van der Waals surface area contributed by atoms with E-state index in [-0.39, 0.29) is 11.9 Å². The van der Waals surface area contributed by atoms with Gasteiger partial charge in [-0.05, 0) is 37.6 Å². The molecule has 2 aromatic heterocycles. The normalized spacial score (nSPS) is 13.6. The van der Waals surface area contributed by atoms with Crippen molar-refractivity contribution in [1.82, 2.24) is 15.3 Å². The van der Waals surface area contributed by atoms with Gasteiger partial charge < -0.3 is 10.3 Å². The number of nitrogens with zero attached hydrogens (tertiary/aromatic N) is 1. The third-order valence-corrected chi connectivity index (χ3v) is 3.72. The Hall–Kier alpha value is -2.59. The molecule has 0 bridgehead atoms. The average Bonchev–Trinajstić information content (AvgIpc) is 3.01. The largest absolute Gasteiger partial charge is 0.377 e. The molecule has 2 N–H and O–H groups in total. The molecule has 1 atom stereocenters. The molecule has 5 heteroatoms. The van der Waals surface area contributed by atoms with Gasteiger partial charge in [-0.2, -0.15) is 0 Å². The molecule has 0 aliphatic rings. The Kier molecular flexibility index (Phi) is 6.78. The average molecular weight is 358 g/mol. The second kappa shape index (κ2) is 9.04. The first-order chi connectivity index (χ1) is 12.0. The van der Waals surface area contributed by atoms with Crippen LogP contribution in [0.15, 0.2) is 73.8 Å². The van der Waals surface area contributed by atoms with Crippen molar-refractivity contribution in [2.45, 2.75) is 19.4 Å². The van der Waals surface area contributed by atoms with Crippen molar-refractivity contribution in [2.75, 3.05) is 0 Å². The minimum absolute atomic E-state index is 0.0233. The van der Waals surface area contributed by atoms with E-state index in [0.29, 0.717) is 11.4 Å². The van der Waals surface area contributed by atoms with Gasteiger partial charge in [-0.15, -0.1) is 6.58 Å². The maximum atomic E-state index is 13.2. The molecule has 0 aliphatic heterocycles. The van der Waals surface area contributed by atoms with Crippen LogP contribution in [0.4, 0.5) is 4.39 Å². The number of halogens is 2. The van der Waals surface area contributed by atoms with Crippen molar-refractivity contribution in [2.24, 2.45) is 0 Å². The second-order valence-electron chi connectivity index (χ2n) is 5.45. The number of fused-ring (bicyclic) bond motifs is 1. The molecule has 2 aromatic rings. The van der Waals surface area contributed by atoms with Crippen LogP contribution in [-0.2, 0) is 0 Å². The van der Waals surface area contributed by atoms with Gasteiger partial charge in [-0.1, -0.05) is 42.5 Å². The molecule has 3 nitrogen and oxygen atoms in total. The van der Waals surface area contributed by atoms with Gasteiger partial charge in [0.2, 0.25) is 0 Å². The third-order valence-electron chi connectivity index (χ3n) is 3.51. The molecule has 130 valence electrons. The maximum absolute atomic E-state index is 13.2. The summed E-state index contributed by atoms with van der Waals surface area (Å²) in [4.78, 5) is 7.44. The molecule has 0 aliphatic carbocycles. The van der Waals surface area contributed by atoms with Crippen molar-refractivity contribution in [3.63, 3.8) is 0 Å². The Bertz CT molecular complexity index is 846. The van der Waals surface area contributed by atoms with E-state index >= 15 is 0 Å². The number of nitrogens with one attached hydrogen (secondary N) is 2. The summed E-state index contributed by atoms with van der Waals surface area (Å²) < 4.78 is 13.2. The predicted molar refractivity (Wildman–Crippen MR) is 105 cm³/mol. The highest BCUT2D eigenvalue weighted by Crippen LogP contribution is 2.20. The van der Waals surface area contributed by atoms with Crippen molar-refractivity contribution < 1.29 is 4.39 Å². The first kappa shape index (κ1) is 18.7. The molecule has 0 spiro atoms. The lowest BCUT2D eigenvalue weighted by atomic mass is 10.1. The quantitative estimate of drug-likeness (QED) is 0.469. The Morgan fingerprint density at radius 3 is 3.00 bits per heavy atom. The molecule has 2 rings (SSSR count). The van der Waals surface area contributed by atoms with Gasteiger partial charge in [0.25, 0.3) is 0 Å². The Morgan fingerprint density at radius 1 is 1.48 bits per heavy atom. The summed E-state index contributed by atoms with van der Waals surface area (Å²) in [5, 5.41) is 4.80. The predicted octanol–water partition coefficient (Wildman–Crippen LogP) is 5.71. The molecule has 25 heavy (non-hydrogen) atoms. The van der Waals surface area contributed by atoms with Crippen LogP contribution >= 0.6 is 11.6 Å². The SMILES string of the molecule is C=CC(C/C=C/C=C(F)\C=C/C)NC(=C)c1cc2cc(Cl)cnc2[nH]1. The standard InChI is InChI=1S/C20H21ClFN3/c1-4-8-17(22)9-6-7-10-18(5-2)24-14(3)19-12-15-11-16(21)13-23-20(15)25-19/h4-9,11-13,18,24H,2-3,10H2,1H3,(H,23,25)/b7-6+,8-4-,17-9+. The van der Waals surface area contributed by atoms with Crippen LogP contribution in [0, 0.1) is 0 Å². The number of rotatable bonds is 8. The van der Waals surface area contributed by atoms with Gasteiger partial charge in [-0.3, -0.25) is 0 Å². The van der Waals surface area contributed by atoms with Crippen LogP contribution in [0.5, 0.6) is 0 Å². The summed E-state index contributed by atoms with van der Waals surface area (Å²) in [7, 11) is 0. The monoisotopic (exact) mass is 357 g/mol. The number of allylic oxidation sites excluding steroid dienone is 5. The molecule has 0 fully saturated rings. The van der Waals surface area contributed by atoms with Crippen molar-refractivity contribution in [3.05, 3.63) is 84.5 Å². The Morgan fingerprint density at radius 2 is 2.28 bits per heavy atom. The van der Waals surface area contributed by atoms with E-state index in [1.807, 2.05) is 18.2 Å². The molecule has 0 saturated carbocycles. The van der Waals surface area contributed by atoms with E-state index in [2.05, 4.69) is 28.4 Å². The smallest absolute Gasteiger partial charge is 0.137 e. The van der Waals surface area contributed by atoms with Gasteiger partial charge in [-0.25, -0.2) is 9.37 Å². The number of aromatic nitrogens is 2. The number of pyridine rings is 1. The van der Waals surface area contributed by atoms with Crippen LogP contribution in [0.2, 0.25) is 5.02 Å². The summed E-state index contributed by atoms with van der Waals surface area (Å²) >= 11 is 5.96. The summed E-state index contributed by atoms with van der Waals surface area (Å²) in [6.07, 6.45) is 12.1. The number of aromatic amines is 1.